The second-order valence-corrected chi connectivity index (χ2v) is 4.62. The van der Waals surface area contributed by atoms with E-state index >= 15 is 0 Å². The van der Waals surface area contributed by atoms with Crippen LogP contribution in [0.2, 0.25) is 0 Å². The molecule has 4 atom stereocenters. The van der Waals surface area contributed by atoms with Crippen LogP contribution in [0.3, 0.4) is 0 Å². The molecule has 0 heterocycles. The number of rotatable bonds is 8. The van der Waals surface area contributed by atoms with E-state index in [2.05, 4.69) is 11.3 Å². The van der Waals surface area contributed by atoms with E-state index in [-0.39, 0.29) is 6.42 Å². The second kappa shape index (κ2) is 11.2. The molecular formula is C13H16F10O2. The van der Waals surface area contributed by atoms with Gasteiger partial charge in [-0.1, -0.05) is 13.5 Å². The van der Waals surface area contributed by atoms with Gasteiger partial charge < -0.3 is 4.74 Å². The molecule has 0 N–H and O–H groups in total. The van der Waals surface area contributed by atoms with Gasteiger partial charge in [-0.3, -0.25) is 0 Å². The normalized spacial score (nSPS) is 16.6. The number of hydrogen-bond acceptors (Lipinski definition) is 2. The first kappa shape index (κ1) is 25.7. The van der Waals surface area contributed by atoms with Gasteiger partial charge in [0.15, 0.2) is 6.17 Å². The molecule has 0 fully saturated rings. The highest BCUT2D eigenvalue weighted by molar-refractivity contribution is 5.87. The van der Waals surface area contributed by atoms with Gasteiger partial charge in [0.2, 0.25) is 6.17 Å². The quantitative estimate of drug-likeness (QED) is 0.330. The van der Waals surface area contributed by atoms with E-state index in [0.29, 0.717) is 0 Å². The van der Waals surface area contributed by atoms with Crippen molar-refractivity contribution < 1.29 is 53.4 Å². The molecule has 0 aromatic heterocycles. The van der Waals surface area contributed by atoms with Crippen molar-refractivity contribution in [3.8, 4) is 0 Å². The van der Waals surface area contributed by atoms with Crippen LogP contribution in [0, 0.1) is 0 Å². The highest BCUT2D eigenvalue weighted by atomic mass is 19.3. The molecule has 0 aromatic carbocycles. The summed E-state index contributed by atoms with van der Waals surface area (Å²) in [5, 5.41) is 0. The van der Waals surface area contributed by atoms with Crippen molar-refractivity contribution in [3.05, 3.63) is 12.2 Å². The monoisotopic (exact) mass is 394 g/mol. The number of ether oxygens (including phenoxy) is 1. The van der Waals surface area contributed by atoms with Crippen LogP contribution in [0.4, 0.5) is 43.9 Å². The van der Waals surface area contributed by atoms with Crippen molar-refractivity contribution >= 4 is 5.97 Å². The van der Waals surface area contributed by atoms with Crippen molar-refractivity contribution in [1.29, 1.82) is 0 Å². The van der Waals surface area contributed by atoms with Crippen molar-refractivity contribution in [2.45, 2.75) is 63.9 Å². The Labute approximate surface area is 136 Å². The number of esters is 1. The molecule has 0 saturated heterocycles. The maximum absolute atomic E-state index is 12.6. The van der Waals surface area contributed by atoms with E-state index in [1.165, 1.54) is 6.92 Å². The van der Waals surface area contributed by atoms with E-state index < -0.39 is 55.2 Å². The summed E-state index contributed by atoms with van der Waals surface area (Å²) in [4.78, 5) is 10.6. The molecule has 0 aromatic rings. The van der Waals surface area contributed by atoms with Gasteiger partial charge in [-0.15, -0.1) is 0 Å². The summed E-state index contributed by atoms with van der Waals surface area (Å²) in [7, 11) is 0. The van der Waals surface area contributed by atoms with E-state index in [4.69, 9.17) is 0 Å². The smallest absolute Gasteiger partial charge is 0.349 e. The summed E-state index contributed by atoms with van der Waals surface area (Å²) in [6.45, 7) is 5.28. The molecule has 0 spiro atoms. The number of halogens is 10. The van der Waals surface area contributed by atoms with Crippen molar-refractivity contribution in [2.75, 3.05) is 0 Å². The molecule has 0 saturated carbocycles. The zero-order valence-corrected chi connectivity index (χ0v) is 13.0. The van der Waals surface area contributed by atoms with E-state index in [0.717, 1.165) is 6.92 Å². The summed E-state index contributed by atoms with van der Waals surface area (Å²) >= 11 is 0. The topological polar surface area (TPSA) is 26.3 Å². The van der Waals surface area contributed by atoms with Gasteiger partial charge in [0.25, 0.3) is 12.9 Å². The van der Waals surface area contributed by atoms with Gasteiger partial charge in [-0.2, -0.15) is 13.2 Å². The van der Waals surface area contributed by atoms with Gasteiger partial charge in [0.1, 0.15) is 6.17 Å². The van der Waals surface area contributed by atoms with Crippen molar-refractivity contribution in [1.82, 2.24) is 0 Å². The van der Waals surface area contributed by atoms with Crippen LogP contribution in [0.25, 0.3) is 0 Å². The lowest BCUT2D eigenvalue weighted by molar-refractivity contribution is -0.237. The summed E-state index contributed by atoms with van der Waals surface area (Å²) in [6.07, 6.45) is -20.0. The zero-order chi connectivity index (χ0) is 20.5. The Morgan fingerprint density at radius 2 is 1.44 bits per heavy atom. The Hall–Kier alpha value is -1.49. The summed E-state index contributed by atoms with van der Waals surface area (Å²) in [5.74, 6) is -6.67. The maximum atomic E-state index is 12.6. The summed E-state index contributed by atoms with van der Waals surface area (Å²) < 4.78 is 123. The third-order valence-electron chi connectivity index (χ3n) is 2.43. The van der Waals surface area contributed by atoms with E-state index in [1.54, 1.807) is 0 Å². The Balaban J connectivity index is 0. The molecule has 0 aliphatic rings. The average Bonchev–Trinajstić information content (AvgIpc) is 2.52. The third-order valence-corrected chi connectivity index (χ3v) is 2.43. The van der Waals surface area contributed by atoms with Gasteiger partial charge in [-0.05, 0) is 13.3 Å². The standard InChI is InChI=1S/C8H8F6O2.C5H8F4/c1-3(2)6(15)16-7(12)8(13,14)4(9)5(10)11;1-2-3(6)4(7)5(8)9/h4-5,7H,1H2,2H3;3-5H,2H2,1H3. The summed E-state index contributed by atoms with van der Waals surface area (Å²) in [5.41, 5.74) is -0.425. The first-order valence-electron chi connectivity index (χ1n) is 6.56. The Kier molecular flexibility index (Phi) is 11.5. The Morgan fingerprint density at radius 3 is 1.68 bits per heavy atom. The molecule has 150 valence electrons. The molecule has 0 amide bonds. The van der Waals surface area contributed by atoms with Crippen LogP contribution in [0.5, 0.6) is 0 Å². The number of carbonyl (C=O) groups excluding carboxylic acids is 1. The number of alkyl halides is 10. The van der Waals surface area contributed by atoms with Crippen LogP contribution in [0.1, 0.15) is 20.3 Å². The van der Waals surface area contributed by atoms with E-state index in [1.807, 2.05) is 0 Å². The minimum Gasteiger partial charge on any atom is -0.421 e. The van der Waals surface area contributed by atoms with Crippen LogP contribution < -0.4 is 0 Å². The lowest BCUT2D eigenvalue weighted by Crippen LogP contribution is -2.45. The SMILES string of the molecule is C=C(C)C(=O)OC(F)C(F)(F)C(F)C(F)F.CCC(F)C(F)C(F)F. The predicted octanol–water partition coefficient (Wildman–Crippen LogP) is 4.98. The highest BCUT2D eigenvalue weighted by Crippen LogP contribution is 2.32. The molecule has 0 radical (unpaired) electrons. The largest absolute Gasteiger partial charge is 0.421 e. The molecule has 25 heavy (non-hydrogen) atoms. The van der Waals surface area contributed by atoms with Crippen LogP contribution in [-0.4, -0.2) is 49.6 Å². The lowest BCUT2D eigenvalue weighted by atomic mass is 10.2. The summed E-state index contributed by atoms with van der Waals surface area (Å²) in [6, 6.07) is 0. The molecule has 4 unspecified atom stereocenters. The first-order valence-corrected chi connectivity index (χ1v) is 6.56. The molecule has 0 aliphatic heterocycles. The lowest BCUT2D eigenvalue weighted by Gasteiger charge is -2.23. The van der Waals surface area contributed by atoms with Gasteiger partial charge >= 0.3 is 18.2 Å². The molecule has 0 rings (SSSR count). The minimum absolute atomic E-state index is 0.203. The molecule has 2 nitrogen and oxygen atoms in total. The van der Waals surface area contributed by atoms with Crippen molar-refractivity contribution in [2.24, 2.45) is 0 Å². The molecule has 0 bridgehead atoms. The Bertz CT molecular complexity index is 416. The van der Waals surface area contributed by atoms with Crippen molar-refractivity contribution in [3.63, 3.8) is 0 Å². The number of carbonyl (C=O) groups is 1. The van der Waals surface area contributed by atoms with Gasteiger partial charge in [0.05, 0.1) is 0 Å². The Morgan fingerprint density at radius 1 is 1.00 bits per heavy atom. The van der Waals surface area contributed by atoms with Gasteiger partial charge in [0, 0.05) is 5.57 Å². The average molecular weight is 394 g/mol. The fraction of sp³-hybridized carbons (Fsp3) is 0.769. The maximum Gasteiger partial charge on any atom is 0.349 e. The first-order chi connectivity index (χ1) is 11.2. The highest BCUT2D eigenvalue weighted by Gasteiger charge is 2.55. The number of hydrogen-bond donors (Lipinski definition) is 0. The fourth-order valence-corrected chi connectivity index (χ4v) is 0.949. The van der Waals surface area contributed by atoms with Gasteiger partial charge in [-0.25, -0.2) is 35.5 Å². The molecular weight excluding hydrogens is 378 g/mol. The molecule has 0 aliphatic carbocycles. The second-order valence-electron chi connectivity index (χ2n) is 4.62. The fourth-order valence-electron chi connectivity index (χ4n) is 0.949. The minimum atomic E-state index is -5.11. The van der Waals surface area contributed by atoms with E-state index in [9.17, 15) is 48.7 Å². The third kappa shape index (κ3) is 8.96. The zero-order valence-electron chi connectivity index (χ0n) is 13.0. The predicted molar refractivity (Wildman–Crippen MR) is 67.7 cm³/mol. The van der Waals surface area contributed by atoms with Crippen LogP contribution in [-0.2, 0) is 9.53 Å². The van der Waals surface area contributed by atoms with Crippen LogP contribution >= 0.6 is 0 Å². The molecule has 12 heteroatoms. The van der Waals surface area contributed by atoms with Crippen LogP contribution in [0.15, 0.2) is 12.2 Å².